The zero-order chi connectivity index (χ0) is 16.2. The molecule has 3 saturated heterocycles. The fraction of sp³-hybridized carbons (Fsp3) is 1.00. The van der Waals surface area contributed by atoms with Crippen molar-refractivity contribution < 1.29 is 28.8 Å². The van der Waals surface area contributed by atoms with Crippen molar-refractivity contribution in [3.8, 4) is 0 Å². The molecule has 0 amide bonds. The minimum atomic E-state index is -0.719. The van der Waals surface area contributed by atoms with Gasteiger partial charge in [0.15, 0.2) is 17.9 Å². The van der Waals surface area contributed by atoms with Gasteiger partial charge in [-0.3, -0.25) is 0 Å². The summed E-state index contributed by atoms with van der Waals surface area (Å²) in [6.45, 7) is 0.478. The molecule has 5 aliphatic rings. The van der Waals surface area contributed by atoms with Gasteiger partial charge in [0, 0.05) is 25.7 Å². The van der Waals surface area contributed by atoms with Gasteiger partial charge in [-0.05, 0) is 25.7 Å². The Hall–Kier alpha value is -0.240. The van der Waals surface area contributed by atoms with E-state index in [1.54, 1.807) is 0 Å². The number of rotatable bonds is 1. The maximum absolute atomic E-state index is 10.8. The fourth-order valence-electron chi connectivity index (χ4n) is 5.09. The van der Waals surface area contributed by atoms with Gasteiger partial charge >= 0.3 is 0 Å². The molecular formula is C18H28O6. The molecule has 5 fully saturated rings. The molecule has 0 aromatic heterocycles. The molecule has 0 radical (unpaired) electrons. The van der Waals surface area contributed by atoms with Crippen molar-refractivity contribution in [2.24, 2.45) is 0 Å². The fourth-order valence-corrected chi connectivity index (χ4v) is 5.09. The zero-order valence-corrected chi connectivity index (χ0v) is 14.2. The minimum absolute atomic E-state index is 0.238. The first-order chi connectivity index (χ1) is 11.7. The molecule has 0 aromatic rings. The van der Waals surface area contributed by atoms with Crippen LogP contribution in [0.25, 0.3) is 0 Å². The third-order valence-electron chi connectivity index (χ3n) is 6.39. The van der Waals surface area contributed by atoms with Crippen molar-refractivity contribution >= 4 is 0 Å². The summed E-state index contributed by atoms with van der Waals surface area (Å²) in [6, 6.07) is 0. The highest BCUT2D eigenvalue weighted by molar-refractivity contribution is 5.00. The summed E-state index contributed by atoms with van der Waals surface area (Å²) in [5, 5.41) is 10.8. The Labute approximate surface area is 142 Å². The molecule has 6 nitrogen and oxygen atoms in total. The van der Waals surface area contributed by atoms with Crippen molar-refractivity contribution in [3.63, 3.8) is 0 Å². The van der Waals surface area contributed by atoms with Gasteiger partial charge in [0.25, 0.3) is 0 Å². The molecule has 0 unspecified atom stereocenters. The number of hydrogen-bond donors (Lipinski definition) is 1. The first-order valence-electron chi connectivity index (χ1n) is 9.70. The van der Waals surface area contributed by atoms with Crippen molar-refractivity contribution in [2.75, 3.05) is 6.61 Å². The van der Waals surface area contributed by atoms with E-state index in [4.69, 9.17) is 23.7 Å². The molecule has 6 heteroatoms. The van der Waals surface area contributed by atoms with E-state index in [-0.39, 0.29) is 6.10 Å². The average Bonchev–Trinajstić information content (AvgIpc) is 3.23. The predicted molar refractivity (Wildman–Crippen MR) is 83.1 cm³/mol. The third-order valence-corrected chi connectivity index (χ3v) is 6.39. The number of aliphatic hydroxyl groups excluding tert-OH is 1. The molecule has 2 saturated carbocycles. The smallest absolute Gasteiger partial charge is 0.190 e. The molecular weight excluding hydrogens is 312 g/mol. The van der Waals surface area contributed by atoms with E-state index in [0.29, 0.717) is 6.61 Å². The topological polar surface area (TPSA) is 66.4 Å². The second-order valence-electron chi connectivity index (χ2n) is 8.07. The van der Waals surface area contributed by atoms with Gasteiger partial charge in [0.05, 0.1) is 6.61 Å². The first kappa shape index (κ1) is 16.0. The summed E-state index contributed by atoms with van der Waals surface area (Å²) in [5.41, 5.74) is 0. The van der Waals surface area contributed by atoms with Gasteiger partial charge in [-0.25, -0.2) is 0 Å². The highest BCUT2D eigenvalue weighted by atomic mass is 16.8. The van der Waals surface area contributed by atoms with Crippen LogP contribution in [0.3, 0.4) is 0 Å². The van der Waals surface area contributed by atoms with Gasteiger partial charge in [0.1, 0.15) is 24.4 Å². The first-order valence-corrected chi connectivity index (χ1v) is 9.70. The number of hydrogen-bond acceptors (Lipinski definition) is 6. The Kier molecular flexibility index (Phi) is 3.92. The van der Waals surface area contributed by atoms with E-state index in [1.807, 2.05) is 0 Å². The lowest BCUT2D eigenvalue weighted by atomic mass is 9.94. The van der Waals surface area contributed by atoms with Gasteiger partial charge in [-0.2, -0.15) is 0 Å². The molecule has 3 heterocycles. The monoisotopic (exact) mass is 340 g/mol. The van der Waals surface area contributed by atoms with E-state index >= 15 is 0 Å². The molecule has 1 N–H and O–H groups in total. The lowest BCUT2D eigenvalue weighted by molar-refractivity contribution is -0.259. The Bertz CT molecular complexity index is 470. The van der Waals surface area contributed by atoms with Crippen LogP contribution < -0.4 is 0 Å². The predicted octanol–water partition coefficient (Wildman–Crippen LogP) is 2.22. The van der Waals surface area contributed by atoms with Crippen LogP contribution in [0, 0.1) is 0 Å². The highest BCUT2D eigenvalue weighted by Gasteiger charge is 2.60. The summed E-state index contributed by atoms with van der Waals surface area (Å²) in [7, 11) is 0. The number of aliphatic hydroxyl groups is 1. The summed E-state index contributed by atoms with van der Waals surface area (Å²) in [4.78, 5) is 0. The van der Waals surface area contributed by atoms with Gasteiger partial charge < -0.3 is 28.8 Å². The summed E-state index contributed by atoms with van der Waals surface area (Å²) < 4.78 is 30.5. The van der Waals surface area contributed by atoms with E-state index in [9.17, 15) is 5.11 Å². The van der Waals surface area contributed by atoms with Crippen LogP contribution >= 0.6 is 0 Å². The van der Waals surface area contributed by atoms with E-state index in [2.05, 4.69) is 0 Å². The van der Waals surface area contributed by atoms with Crippen molar-refractivity contribution in [3.05, 3.63) is 0 Å². The highest BCUT2D eigenvalue weighted by Crippen LogP contribution is 2.47. The SMILES string of the molecule is O[C@H]1[C@H]([C@H]2COC3(CCCCC3)O2)O[C@@H]2OC3(CCCCC3)O[C@@H]21. The Balaban J connectivity index is 1.24. The maximum atomic E-state index is 10.8. The molecule has 136 valence electrons. The van der Waals surface area contributed by atoms with Crippen molar-refractivity contribution in [1.29, 1.82) is 0 Å². The van der Waals surface area contributed by atoms with Crippen LogP contribution in [0.1, 0.15) is 64.2 Å². The second kappa shape index (κ2) is 5.89. The van der Waals surface area contributed by atoms with Crippen LogP contribution in [-0.4, -0.2) is 54.0 Å². The standard InChI is InChI=1S/C18H28O6/c19-13-14(12-11-20-17(22-12)7-3-1-4-8-17)21-16-15(13)23-18(24-16)9-5-2-6-10-18/h12-16,19H,1-11H2/t12-,13+,14+,15-,16-/m1/s1. The van der Waals surface area contributed by atoms with Crippen LogP contribution in [-0.2, 0) is 23.7 Å². The molecule has 5 rings (SSSR count). The van der Waals surface area contributed by atoms with Crippen molar-refractivity contribution in [1.82, 2.24) is 0 Å². The molecule has 2 spiro atoms. The minimum Gasteiger partial charge on any atom is -0.387 e. The lowest BCUT2D eigenvalue weighted by Crippen LogP contribution is -2.44. The van der Waals surface area contributed by atoms with Crippen LogP contribution in [0.2, 0.25) is 0 Å². The maximum Gasteiger partial charge on any atom is 0.190 e. The Morgan fingerprint density at radius 1 is 0.708 bits per heavy atom. The second-order valence-corrected chi connectivity index (χ2v) is 8.07. The van der Waals surface area contributed by atoms with Crippen LogP contribution in [0.4, 0.5) is 0 Å². The van der Waals surface area contributed by atoms with Crippen LogP contribution in [0.15, 0.2) is 0 Å². The molecule has 0 aromatic carbocycles. The summed E-state index contributed by atoms with van der Waals surface area (Å²) in [6.07, 6.45) is 8.38. The van der Waals surface area contributed by atoms with Gasteiger partial charge in [-0.15, -0.1) is 0 Å². The molecule has 2 aliphatic carbocycles. The number of ether oxygens (including phenoxy) is 5. The lowest BCUT2D eigenvalue weighted by Gasteiger charge is -2.34. The Morgan fingerprint density at radius 3 is 2.04 bits per heavy atom. The average molecular weight is 340 g/mol. The number of fused-ring (bicyclic) bond motifs is 1. The summed E-state index contributed by atoms with van der Waals surface area (Å²) in [5.74, 6) is -0.979. The molecule has 24 heavy (non-hydrogen) atoms. The van der Waals surface area contributed by atoms with Crippen molar-refractivity contribution in [2.45, 2.75) is 106 Å². The summed E-state index contributed by atoms with van der Waals surface area (Å²) >= 11 is 0. The van der Waals surface area contributed by atoms with Gasteiger partial charge in [-0.1, -0.05) is 12.8 Å². The quantitative estimate of drug-likeness (QED) is 0.789. The van der Waals surface area contributed by atoms with E-state index in [0.717, 1.165) is 51.4 Å². The largest absolute Gasteiger partial charge is 0.387 e. The Morgan fingerprint density at radius 2 is 1.38 bits per heavy atom. The molecule has 5 atom stereocenters. The third kappa shape index (κ3) is 2.54. The molecule has 0 bridgehead atoms. The zero-order valence-electron chi connectivity index (χ0n) is 14.2. The van der Waals surface area contributed by atoms with E-state index in [1.165, 1.54) is 12.8 Å². The molecule has 3 aliphatic heterocycles. The van der Waals surface area contributed by atoms with Crippen LogP contribution in [0.5, 0.6) is 0 Å². The van der Waals surface area contributed by atoms with Gasteiger partial charge in [0.2, 0.25) is 0 Å². The van der Waals surface area contributed by atoms with E-state index < -0.39 is 36.2 Å². The normalized spacial score (nSPS) is 46.6.